The molecule has 2 atom stereocenters. The highest BCUT2D eigenvalue weighted by molar-refractivity contribution is 14.1. The van der Waals surface area contributed by atoms with Crippen molar-refractivity contribution in [3.63, 3.8) is 0 Å². The van der Waals surface area contributed by atoms with Crippen molar-refractivity contribution in [2.75, 3.05) is 4.31 Å². The molecule has 0 spiro atoms. The molecule has 1 fully saturated rings. The minimum absolute atomic E-state index is 0.0508. The predicted molar refractivity (Wildman–Crippen MR) is 172 cm³/mol. The van der Waals surface area contributed by atoms with Gasteiger partial charge < -0.3 is 4.90 Å². The molecule has 0 bridgehead atoms. The molecule has 2 aliphatic rings. The molecule has 4 aromatic rings. The minimum Gasteiger partial charge on any atom is -0.316 e. The van der Waals surface area contributed by atoms with Crippen LogP contribution < -0.4 is 4.31 Å². The van der Waals surface area contributed by atoms with Crippen LogP contribution >= 0.6 is 22.6 Å². The van der Waals surface area contributed by atoms with Crippen LogP contribution in [0.3, 0.4) is 0 Å². The van der Waals surface area contributed by atoms with Crippen molar-refractivity contribution >= 4 is 47.8 Å². The van der Waals surface area contributed by atoms with Crippen molar-refractivity contribution in [3.8, 4) is 0 Å². The topological polar surface area (TPSA) is 57.7 Å². The summed E-state index contributed by atoms with van der Waals surface area (Å²) in [6, 6.07) is 32.8. The molecule has 2 aliphatic heterocycles. The highest BCUT2D eigenvalue weighted by atomic mass is 127. The fourth-order valence-electron chi connectivity index (χ4n) is 6.09. The summed E-state index contributed by atoms with van der Waals surface area (Å²) >= 11 is 2.36. The van der Waals surface area contributed by atoms with Gasteiger partial charge in [-0.15, -0.1) is 0 Å². The van der Waals surface area contributed by atoms with Gasteiger partial charge in [-0.25, -0.2) is 12.7 Å². The van der Waals surface area contributed by atoms with E-state index in [4.69, 9.17) is 0 Å². The number of benzene rings is 4. The highest BCUT2D eigenvalue weighted by Crippen LogP contribution is 2.55. The smallest absolute Gasteiger partial charge is 0.266 e. The summed E-state index contributed by atoms with van der Waals surface area (Å²) < 4.78 is 31.7. The standard InChI is InChI=1S/C34H31IN2O3S/c1-24-12-16-27(17-13-24)30(35)22-34-21-20-32(38)36(23-26-8-4-3-5-9-26)33(34)37(31-11-7-6-10-29(31)34)41(39,40)28-18-14-25(2)15-19-28/h3-19,22,33H,20-21,23H2,1-2H3/b30-22-/t33-,34-/m1/s1. The summed E-state index contributed by atoms with van der Waals surface area (Å²) in [5, 5.41) is 0. The lowest BCUT2D eigenvalue weighted by Crippen LogP contribution is -2.61. The van der Waals surface area contributed by atoms with Gasteiger partial charge in [-0.2, -0.15) is 0 Å². The number of rotatable bonds is 6. The van der Waals surface area contributed by atoms with Gasteiger partial charge >= 0.3 is 0 Å². The van der Waals surface area contributed by atoms with Crippen molar-refractivity contribution in [1.29, 1.82) is 0 Å². The molecule has 41 heavy (non-hydrogen) atoms. The van der Waals surface area contributed by atoms with E-state index in [1.807, 2.05) is 73.7 Å². The monoisotopic (exact) mass is 674 g/mol. The van der Waals surface area contributed by atoms with Crippen molar-refractivity contribution in [2.45, 2.75) is 49.7 Å². The molecule has 0 saturated carbocycles. The first-order valence-corrected chi connectivity index (χ1v) is 16.2. The third-order valence-electron chi connectivity index (χ3n) is 8.18. The second-order valence-corrected chi connectivity index (χ2v) is 13.9. The number of carbonyl (C=O) groups is 1. The molecule has 2 heterocycles. The first kappa shape index (κ1) is 27.7. The van der Waals surface area contributed by atoms with Crippen molar-refractivity contribution in [3.05, 3.63) is 137 Å². The lowest BCUT2D eigenvalue weighted by atomic mass is 9.72. The molecule has 6 rings (SSSR count). The van der Waals surface area contributed by atoms with E-state index in [1.54, 1.807) is 17.0 Å². The van der Waals surface area contributed by atoms with Crippen LogP contribution in [0.25, 0.3) is 3.58 Å². The molecule has 1 saturated heterocycles. The molecule has 0 N–H and O–H groups in total. The third kappa shape index (κ3) is 4.89. The first-order chi connectivity index (χ1) is 19.7. The summed E-state index contributed by atoms with van der Waals surface area (Å²) in [7, 11) is -4.02. The van der Waals surface area contributed by atoms with Crippen molar-refractivity contribution in [1.82, 2.24) is 4.90 Å². The number of sulfonamides is 1. The van der Waals surface area contributed by atoms with Gasteiger partial charge in [0.2, 0.25) is 5.91 Å². The fourth-order valence-corrected chi connectivity index (χ4v) is 8.69. The molecule has 208 valence electrons. The van der Waals surface area contributed by atoms with Crippen molar-refractivity contribution in [2.24, 2.45) is 0 Å². The Hall–Kier alpha value is -3.43. The van der Waals surface area contributed by atoms with Crippen LogP contribution in [-0.2, 0) is 26.8 Å². The van der Waals surface area contributed by atoms with Gasteiger partial charge in [0.25, 0.3) is 10.0 Å². The lowest BCUT2D eigenvalue weighted by Gasteiger charge is -2.47. The van der Waals surface area contributed by atoms with Gasteiger partial charge in [-0.05, 0) is 77.7 Å². The van der Waals surface area contributed by atoms with Crippen LogP contribution in [0.1, 0.15) is 40.7 Å². The lowest BCUT2D eigenvalue weighted by molar-refractivity contribution is -0.138. The average molecular weight is 675 g/mol. The van der Waals surface area contributed by atoms with Crippen LogP contribution in [0.15, 0.2) is 114 Å². The Morgan fingerprint density at radius 3 is 2.17 bits per heavy atom. The van der Waals surface area contributed by atoms with E-state index in [0.29, 0.717) is 25.1 Å². The number of hydrogen-bond acceptors (Lipinski definition) is 3. The number of aryl methyl sites for hydroxylation is 2. The SMILES string of the molecule is Cc1ccc(/C(I)=C/[C@@]23CCC(=O)N(Cc4ccccc4)[C@@H]2N(S(=O)(=O)c2ccc(C)cc2)c2ccccc23)cc1. The quantitative estimate of drug-likeness (QED) is 0.201. The Balaban J connectivity index is 1.59. The third-order valence-corrected chi connectivity index (χ3v) is 10.9. The molecule has 5 nitrogen and oxygen atoms in total. The van der Waals surface area contributed by atoms with Gasteiger partial charge in [0.1, 0.15) is 6.17 Å². The number of anilines is 1. The molecular formula is C34H31IN2O3S. The number of piperidine rings is 1. The molecule has 0 radical (unpaired) electrons. The fraction of sp³-hybridized carbons (Fsp3) is 0.206. The van der Waals surface area contributed by atoms with Gasteiger partial charge in [0.15, 0.2) is 0 Å². The van der Waals surface area contributed by atoms with Gasteiger partial charge in [-0.1, -0.05) is 102 Å². The number of halogens is 1. The Morgan fingerprint density at radius 2 is 1.49 bits per heavy atom. The zero-order chi connectivity index (χ0) is 28.8. The Labute approximate surface area is 255 Å². The summed E-state index contributed by atoms with van der Waals surface area (Å²) in [6.07, 6.45) is 2.28. The van der Waals surface area contributed by atoms with E-state index < -0.39 is 21.6 Å². The number of nitrogens with zero attached hydrogens (tertiary/aromatic N) is 2. The molecular weight excluding hydrogens is 643 g/mol. The minimum atomic E-state index is -4.02. The predicted octanol–water partition coefficient (Wildman–Crippen LogP) is 7.37. The van der Waals surface area contributed by atoms with Crippen LogP contribution in [0.5, 0.6) is 0 Å². The van der Waals surface area contributed by atoms with E-state index >= 15 is 0 Å². The van der Waals surface area contributed by atoms with Gasteiger partial charge in [0, 0.05) is 16.5 Å². The second-order valence-electron chi connectivity index (χ2n) is 10.9. The van der Waals surface area contributed by atoms with Crippen molar-refractivity contribution < 1.29 is 13.2 Å². The molecule has 0 aliphatic carbocycles. The Kier molecular flexibility index (Phi) is 7.28. The normalized spacial score (nSPS) is 20.6. The zero-order valence-corrected chi connectivity index (χ0v) is 26.0. The Morgan fingerprint density at radius 1 is 0.878 bits per heavy atom. The van der Waals surface area contributed by atoms with E-state index in [2.05, 4.69) is 59.9 Å². The molecule has 0 unspecified atom stereocenters. The Bertz CT molecular complexity index is 1740. The first-order valence-electron chi connectivity index (χ1n) is 13.7. The summed E-state index contributed by atoms with van der Waals surface area (Å²) in [5.74, 6) is -0.0508. The number of likely N-dealkylation sites (tertiary alicyclic amines) is 1. The summed E-state index contributed by atoms with van der Waals surface area (Å²) in [5.41, 5.74) is 4.98. The summed E-state index contributed by atoms with van der Waals surface area (Å²) in [4.78, 5) is 15.8. The highest BCUT2D eigenvalue weighted by Gasteiger charge is 2.59. The molecule has 0 aromatic heterocycles. The number of hydrogen-bond donors (Lipinski definition) is 0. The number of para-hydroxylation sites is 1. The second kappa shape index (κ2) is 10.8. The largest absolute Gasteiger partial charge is 0.316 e. The van der Waals surface area contributed by atoms with E-state index in [9.17, 15) is 13.2 Å². The van der Waals surface area contributed by atoms with Crippen LogP contribution in [-0.4, -0.2) is 25.4 Å². The number of fused-ring (bicyclic) bond motifs is 3. The van der Waals surface area contributed by atoms with Gasteiger partial charge in [0.05, 0.1) is 16.0 Å². The molecule has 4 aromatic carbocycles. The van der Waals surface area contributed by atoms with E-state index in [1.165, 1.54) is 9.87 Å². The molecule has 1 amide bonds. The van der Waals surface area contributed by atoms with Gasteiger partial charge in [-0.3, -0.25) is 4.79 Å². The maximum atomic E-state index is 14.6. The zero-order valence-electron chi connectivity index (χ0n) is 23.0. The molecule has 7 heteroatoms. The number of carbonyl (C=O) groups excluding carboxylic acids is 1. The summed E-state index contributed by atoms with van der Waals surface area (Å²) in [6.45, 7) is 4.31. The van der Waals surface area contributed by atoms with Crippen LogP contribution in [0, 0.1) is 13.8 Å². The maximum absolute atomic E-state index is 14.6. The maximum Gasteiger partial charge on any atom is 0.266 e. The van der Waals surface area contributed by atoms with Crippen LogP contribution in [0.4, 0.5) is 5.69 Å². The average Bonchev–Trinajstić information content (AvgIpc) is 3.27. The van der Waals surface area contributed by atoms with Crippen LogP contribution in [0.2, 0.25) is 0 Å². The number of amides is 1. The van der Waals surface area contributed by atoms with E-state index in [-0.39, 0.29) is 10.8 Å². The van der Waals surface area contributed by atoms with E-state index in [0.717, 1.165) is 25.8 Å².